The maximum Gasteiger partial charge on any atom is 0.291 e. The fraction of sp³-hybridized carbons (Fsp3) is 0.0370. The summed E-state index contributed by atoms with van der Waals surface area (Å²) < 4.78 is 11.3. The predicted octanol–water partition coefficient (Wildman–Crippen LogP) is 7.16. The van der Waals surface area contributed by atoms with Gasteiger partial charge in [-0.15, -0.1) is 0 Å². The Labute approximate surface area is 200 Å². The minimum Gasteiger partial charge on any atom is -0.451 e. The second-order valence-corrected chi connectivity index (χ2v) is 8.20. The SMILES string of the molecule is Cc1cc(NC(=O)c2ccc(-c3cccc(Cl)c3)o2)ccc1NC(=O)c1cc2ccccc2o1. The van der Waals surface area contributed by atoms with Crippen molar-refractivity contribution >= 4 is 45.8 Å². The molecule has 0 radical (unpaired) electrons. The molecule has 0 aliphatic rings. The first-order valence-electron chi connectivity index (χ1n) is 10.5. The third-order valence-electron chi connectivity index (χ3n) is 5.32. The van der Waals surface area contributed by atoms with Crippen LogP contribution in [0.25, 0.3) is 22.3 Å². The van der Waals surface area contributed by atoms with Crippen molar-refractivity contribution in [1.82, 2.24) is 0 Å². The van der Waals surface area contributed by atoms with Crippen LogP contribution in [0, 0.1) is 6.92 Å². The summed E-state index contributed by atoms with van der Waals surface area (Å²) in [5.41, 5.74) is 3.40. The van der Waals surface area contributed by atoms with Crippen LogP contribution in [-0.4, -0.2) is 11.8 Å². The molecule has 5 rings (SSSR count). The number of para-hydroxylation sites is 1. The number of hydrogen-bond donors (Lipinski definition) is 2. The highest BCUT2D eigenvalue weighted by molar-refractivity contribution is 6.30. The monoisotopic (exact) mass is 470 g/mol. The zero-order valence-electron chi connectivity index (χ0n) is 18.1. The van der Waals surface area contributed by atoms with Crippen molar-refractivity contribution < 1.29 is 18.4 Å². The third kappa shape index (κ3) is 4.44. The molecule has 0 spiro atoms. The molecule has 2 N–H and O–H groups in total. The van der Waals surface area contributed by atoms with E-state index < -0.39 is 0 Å². The molecule has 0 saturated carbocycles. The average molecular weight is 471 g/mol. The van der Waals surface area contributed by atoms with Crippen LogP contribution in [0.1, 0.15) is 26.7 Å². The van der Waals surface area contributed by atoms with Gasteiger partial charge in [0, 0.05) is 27.3 Å². The van der Waals surface area contributed by atoms with Crippen LogP contribution in [0.3, 0.4) is 0 Å². The molecule has 7 heteroatoms. The second kappa shape index (κ2) is 8.92. The lowest BCUT2D eigenvalue weighted by Crippen LogP contribution is -2.13. The Kier molecular flexibility index (Phi) is 5.65. The Morgan fingerprint density at radius 2 is 1.59 bits per heavy atom. The highest BCUT2D eigenvalue weighted by atomic mass is 35.5. The smallest absolute Gasteiger partial charge is 0.291 e. The summed E-state index contributed by atoms with van der Waals surface area (Å²) in [6.45, 7) is 1.84. The van der Waals surface area contributed by atoms with E-state index in [0.717, 1.165) is 16.5 Å². The number of amides is 2. The van der Waals surface area contributed by atoms with Crippen LogP contribution in [-0.2, 0) is 0 Å². The van der Waals surface area contributed by atoms with Gasteiger partial charge in [0.2, 0.25) is 0 Å². The van der Waals surface area contributed by atoms with Crippen LogP contribution in [0.2, 0.25) is 5.02 Å². The molecule has 5 aromatic rings. The summed E-state index contributed by atoms with van der Waals surface area (Å²) in [4.78, 5) is 25.3. The van der Waals surface area contributed by atoms with E-state index in [1.54, 1.807) is 48.5 Å². The van der Waals surface area contributed by atoms with E-state index in [4.69, 9.17) is 20.4 Å². The molecule has 0 aliphatic carbocycles. The number of halogens is 1. The minimum absolute atomic E-state index is 0.176. The van der Waals surface area contributed by atoms with Gasteiger partial charge in [-0.05, 0) is 67.1 Å². The molecule has 0 aliphatic heterocycles. The van der Waals surface area contributed by atoms with Crippen LogP contribution >= 0.6 is 11.6 Å². The third-order valence-corrected chi connectivity index (χ3v) is 5.56. The molecule has 0 fully saturated rings. The second-order valence-electron chi connectivity index (χ2n) is 7.76. The van der Waals surface area contributed by atoms with E-state index in [2.05, 4.69) is 10.6 Å². The van der Waals surface area contributed by atoms with Gasteiger partial charge in [-0.2, -0.15) is 0 Å². The number of aryl methyl sites for hydroxylation is 1. The van der Waals surface area contributed by atoms with Crippen LogP contribution in [0.5, 0.6) is 0 Å². The van der Waals surface area contributed by atoms with E-state index in [1.807, 2.05) is 43.3 Å². The van der Waals surface area contributed by atoms with Gasteiger partial charge in [0.1, 0.15) is 11.3 Å². The zero-order valence-corrected chi connectivity index (χ0v) is 18.8. The lowest BCUT2D eigenvalue weighted by Gasteiger charge is -2.10. The maximum absolute atomic E-state index is 12.7. The van der Waals surface area contributed by atoms with Crippen molar-refractivity contribution in [1.29, 1.82) is 0 Å². The highest BCUT2D eigenvalue weighted by Gasteiger charge is 2.16. The Morgan fingerprint density at radius 1 is 0.765 bits per heavy atom. The molecule has 0 unspecified atom stereocenters. The van der Waals surface area contributed by atoms with Gasteiger partial charge in [-0.1, -0.05) is 41.9 Å². The maximum atomic E-state index is 12.7. The molecular weight excluding hydrogens is 452 g/mol. The van der Waals surface area contributed by atoms with E-state index in [0.29, 0.717) is 27.7 Å². The quantitative estimate of drug-likeness (QED) is 0.285. The van der Waals surface area contributed by atoms with E-state index in [-0.39, 0.29) is 23.3 Å². The molecule has 2 heterocycles. The van der Waals surface area contributed by atoms with Crippen molar-refractivity contribution in [3.63, 3.8) is 0 Å². The molecule has 0 saturated heterocycles. The summed E-state index contributed by atoms with van der Waals surface area (Å²) in [7, 11) is 0. The molecule has 0 bridgehead atoms. The molecule has 0 atom stereocenters. The number of nitrogens with one attached hydrogen (secondary N) is 2. The van der Waals surface area contributed by atoms with Crippen LogP contribution in [0.4, 0.5) is 11.4 Å². The average Bonchev–Trinajstić information content (AvgIpc) is 3.48. The lowest BCUT2D eigenvalue weighted by molar-refractivity contribution is 0.0990. The topological polar surface area (TPSA) is 84.5 Å². The first-order valence-corrected chi connectivity index (χ1v) is 10.9. The standard InChI is InChI=1S/C27H19ClN2O4/c1-16-13-20(29-26(31)24-12-11-23(33-24)17-6-4-7-19(28)14-17)9-10-21(16)30-27(32)25-15-18-5-2-3-8-22(18)34-25/h2-15H,1H3,(H,29,31)(H,30,32). The van der Waals surface area contributed by atoms with E-state index in [9.17, 15) is 9.59 Å². The Balaban J connectivity index is 1.27. The predicted molar refractivity (Wildman–Crippen MR) is 132 cm³/mol. The summed E-state index contributed by atoms with van der Waals surface area (Å²) in [6.07, 6.45) is 0. The molecule has 168 valence electrons. The van der Waals surface area contributed by atoms with Gasteiger partial charge >= 0.3 is 0 Å². The Morgan fingerprint density at radius 3 is 2.38 bits per heavy atom. The highest BCUT2D eigenvalue weighted by Crippen LogP contribution is 2.26. The fourth-order valence-corrected chi connectivity index (χ4v) is 3.80. The molecule has 6 nitrogen and oxygen atoms in total. The van der Waals surface area contributed by atoms with Crippen molar-refractivity contribution in [2.75, 3.05) is 10.6 Å². The molecule has 34 heavy (non-hydrogen) atoms. The largest absolute Gasteiger partial charge is 0.451 e. The Bertz CT molecular complexity index is 1500. The first kappa shape index (κ1) is 21.6. The van der Waals surface area contributed by atoms with Gasteiger partial charge in [-0.25, -0.2) is 0 Å². The number of anilines is 2. The van der Waals surface area contributed by atoms with Crippen molar-refractivity contribution in [3.05, 3.63) is 107 Å². The molecule has 2 amide bonds. The van der Waals surface area contributed by atoms with Crippen molar-refractivity contribution in [2.24, 2.45) is 0 Å². The zero-order chi connectivity index (χ0) is 23.7. The first-order chi connectivity index (χ1) is 16.5. The molecule has 2 aromatic heterocycles. The van der Waals surface area contributed by atoms with Crippen molar-refractivity contribution in [2.45, 2.75) is 6.92 Å². The molecule has 3 aromatic carbocycles. The van der Waals surface area contributed by atoms with Gasteiger partial charge < -0.3 is 19.5 Å². The summed E-state index contributed by atoms with van der Waals surface area (Å²) in [6, 6.07) is 24.9. The van der Waals surface area contributed by atoms with Gasteiger partial charge in [0.15, 0.2) is 11.5 Å². The van der Waals surface area contributed by atoms with Gasteiger partial charge in [0.25, 0.3) is 11.8 Å². The minimum atomic E-state index is -0.383. The number of hydrogen-bond acceptors (Lipinski definition) is 4. The van der Waals surface area contributed by atoms with Gasteiger partial charge in [0.05, 0.1) is 0 Å². The number of benzene rings is 3. The summed E-state index contributed by atoms with van der Waals surface area (Å²) in [5.74, 6) is 0.223. The summed E-state index contributed by atoms with van der Waals surface area (Å²) >= 11 is 6.03. The number of furan rings is 2. The van der Waals surface area contributed by atoms with Gasteiger partial charge in [-0.3, -0.25) is 9.59 Å². The van der Waals surface area contributed by atoms with E-state index in [1.165, 1.54) is 0 Å². The summed E-state index contributed by atoms with van der Waals surface area (Å²) in [5, 5.41) is 7.11. The fourth-order valence-electron chi connectivity index (χ4n) is 3.61. The number of fused-ring (bicyclic) bond motifs is 1. The number of rotatable bonds is 5. The van der Waals surface area contributed by atoms with Crippen LogP contribution < -0.4 is 10.6 Å². The lowest BCUT2D eigenvalue weighted by atomic mass is 10.1. The normalized spacial score (nSPS) is 10.9. The van der Waals surface area contributed by atoms with Crippen molar-refractivity contribution in [3.8, 4) is 11.3 Å². The van der Waals surface area contributed by atoms with E-state index >= 15 is 0 Å². The number of carbonyl (C=O) groups excluding carboxylic acids is 2. The molecular formula is C27H19ClN2O4. The Hall–Kier alpha value is -4.29. The van der Waals surface area contributed by atoms with Crippen LogP contribution in [0.15, 0.2) is 93.8 Å². The number of carbonyl (C=O) groups is 2.